The molecule has 1 heterocycles. The number of para-hydroxylation sites is 1. The Bertz CT molecular complexity index is 1150. The lowest BCUT2D eigenvalue weighted by molar-refractivity contribution is -0.144. The number of ether oxygens (including phenoxy) is 3. The van der Waals surface area contributed by atoms with E-state index in [1.807, 2.05) is 60.7 Å². The molecule has 3 atom stereocenters. The fourth-order valence-electron chi connectivity index (χ4n) is 5.56. The molecule has 1 aliphatic carbocycles. The van der Waals surface area contributed by atoms with Crippen LogP contribution in [0.2, 0.25) is 0 Å². The van der Waals surface area contributed by atoms with E-state index in [0.29, 0.717) is 23.7 Å². The zero-order valence-corrected chi connectivity index (χ0v) is 17.5. The molecule has 0 bridgehead atoms. The lowest BCUT2D eigenvalue weighted by Crippen LogP contribution is -2.39. The second-order valence-electron chi connectivity index (χ2n) is 8.02. The number of aliphatic carboxylic acids is 1. The molecule has 3 unspecified atom stereocenters. The van der Waals surface area contributed by atoms with Crippen molar-refractivity contribution < 1.29 is 24.1 Å². The molecule has 5 nitrogen and oxygen atoms in total. The standard InChI is InChI=1S/C26H24O5/c1-3-26(19-10-6-7-11-20(19)29-2)18-9-5-4-8-17(18)23(24(26)25(27)28)16-12-13-21-22(14-16)31-15-30-21/h4-14,23-24H,3,15H2,1-2H3,(H,27,28). The van der Waals surface area contributed by atoms with Crippen molar-refractivity contribution in [3.8, 4) is 17.2 Å². The number of benzene rings is 3. The minimum absolute atomic E-state index is 0.183. The lowest BCUT2D eigenvalue weighted by atomic mass is 9.65. The molecular weight excluding hydrogens is 392 g/mol. The first-order chi connectivity index (χ1) is 15.1. The van der Waals surface area contributed by atoms with E-state index in [9.17, 15) is 9.90 Å². The number of carboxylic acid groups (broad SMARTS) is 1. The predicted octanol–water partition coefficient (Wildman–Crippen LogP) is 4.97. The van der Waals surface area contributed by atoms with Gasteiger partial charge in [-0.15, -0.1) is 0 Å². The highest BCUT2D eigenvalue weighted by Crippen LogP contribution is 2.60. The molecule has 1 N–H and O–H groups in total. The van der Waals surface area contributed by atoms with Crippen LogP contribution in [-0.2, 0) is 10.2 Å². The SMILES string of the molecule is CCC1(c2ccccc2OC)c2ccccc2C(c2ccc3c(c2)OCO3)C1C(=O)O. The van der Waals surface area contributed by atoms with Gasteiger partial charge in [0.1, 0.15) is 5.75 Å². The van der Waals surface area contributed by atoms with Crippen LogP contribution in [0.4, 0.5) is 0 Å². The molecule has 0 saturated carbocycles. The van der Waals surface area contributed by atoms with Gasteiger partial charge in [0, 0.05) is 16.9 Å². The van der Waals surface area contributed by atoms with Crippen molar-refractivity contribution in [3.63, 3.8) is 0 Å². The van der Waals surface area contributed by atoms with E-state index < -0.39 is 17.3 Å². The van der Waals surface area contributed by atoms with Gasteiger partial charge >= 0.3 is 5.97 Å². The van der Waals surface area contributed by atoms with E-state index >= 15 is 0 Å². The first kappa shape index (κ1) is 19.5. The summed E-state index contributed by atoms with van der Waals surface area (Å²) in [7, 11) is 1.63. The molecular formula is C26H24O5. The molecule has 3 aromatic carbocycles. The van der Waals surface area contributed by atoms with Crippen molar-refractivity contribution >= 4 is 5.97 Å². The molecule has 0 saturated heterocycles. The number of hydrogen-bond donors (Lipinski definition) is 1. The number of fused-ring (bicyclic) bond motifs is 2. The number of carboxylic acids is 1. The van der Waals surface area contributed by atoms with Gasteiger partial charge in [0.05, 0.1) is 13.0 Å². The Balaban J connectivity index is 1.79. The molecule has 5 heteroatoms. The summed E-state index contributed by atoms with van der Waals surface area (Å²) in [6.07, 6.45) is 0.627. The summed E-state index contributed by atoms with van der Waals surface area (Å²) in [6, 6.07) is 21.6. The Morgan fingerprint density at radius 1 is 1.03 bits per heavy atom. The fourth-order valence-corrected chi connectivity index (χ4v) is 5.56. The minimum atomic E-state index is -0.827. The van der Waals surface area contributed by atoms with Gasteiger partial charge in [0.25, 0.3) is 0 Å². The third kappa shape index (κ3) is 2.73. The Hall–Kier alpha value is -3.47. The minimum Gasteiger partial charge on any atom is -0.496 e. The highest BCUT2D eigenvalue weighted by molar-refractivity contribution is 5.80. The monoisotopic (exact) mass is 416 g/mol. The smallest absolute Gasteiger partial charge is 0.308 e. The van der Waals surface area contributed by atoms with E-state index in [1.54, 1.807) is 7.11 Å². The van der Waals surface area contributed by atoms with Gasteiger partial charge in [0.15, 0.2) is 11.5 Å². The van der Waals surface area contributed by atoms with Gasteiger partial charge in [-0.2, -0.15) is 0 Å². The van der Waals surface area contributed by atoms with Crippen molar-refractivity contribution in [1.82, 2.24) is 0 Å². The third-order valence-corrected chi connectivity index (χ3v) is 6.81. The molecule has 3 aromatic rings. The van der Waals surface area contributed by atoms with Crippen molar-refractivity contribution in [2.45, 2.75) is 24.7 Å². The van der Waals surface area contributed by atoms with E-state index in [4.69, 9.17) is 14.2 Å². The normalized spacial score (nSPS) is 23.4. The summed E-state index contributed by atoms with van der Waals surface area (Å²) < 4.78 is 16.8. The van der Waals surface area contributed by atoms with Gasteiger partial charge in [-0.05, 0) is 41.3 Å². The van der Waals surface area contributed by atoms with E-state index in [2.05, 4.69) is 13.0 Å². The maximum atomic E-state index is 12.9. The summed E-state index contributed by atoms with van der Waals surface area (Å²) in [5.74, 6) is 0.196. The van der Waals surface area contributed by atoms with Crippen molar-refractivity contribution in [1.29, 1.82) is 0 Å². The zero-order chi connectivity index (χ0) is 21.6. The molecule has 0 aromatic heterocycles. The average molecular weight is 416 g/mol. The van der Waals surface area contributed by atoms with Crippen LogP contribution in [0.1, 0.15) is 41.5 Å². The van der Waals surface area contributed by atoms with Crippen molar-refractivity contribution in [2.24, 2.45) is 5.92 Å². The zero-order valence-electron chi connectivity index (χ0n) is 17.5. The largest absolute Gasteiger partial charge is 0.496 e. The highest BCUT2D eigenvalue weighted by Gasteiger charge is 2.57. The fraction of sp³-hybridized carbons (Fsp3) is 0.269. The van der Waals surface area contributed by atoms with E-state index in [0.717, 1.165) is 22.3 Å². The van der Waals surface area contributed by atoms with Crippen LogP contribution >= 0.6 is 0 Å². The lowest BCUT2D eigenvalue weighted by Gasteiger charge is -2.37. The van der Waals surface area contributed by atoms with Crippen molar-refractivity contribution in [2.75, 3.05) is 13.9 Å². The van der Waals surface area contributed by atoms with E-state index in [1.165, 1.54) is 0 Å². The number of hydrogen-bond acceptors (Lipinski definition) is 4. The van der Waals surface area contributed by atoms with Crippen LogP contribution in [0.3, 0.4) is 0 Å². The molecule has 0 fully saturated rings. The topological polar surface area (TPSA) is 65.0 Å². The highest BCUT2D eigenvalue weighted by atomic mass is 16.7. The van der Waals surface area contributed by atoms with Gasteiger partial charge in [0.2, 0.25) is 6.79 Å². The Kier molecular flexibility index (Phi) is 4.62. The Morgan fingerprint density at radius 2 is 1.74 bits per heavy atom. The van der Waals surface area contributed by atoms with Crippen LogP contribution in [0, 0.1) is 5.92 Å². The van der Waals surface area contributed by atoms with Crippen LogP contribution in [-0.4, -0.2) is 25.0 Å². The molecule has 0 amide bonds. The molecule has 0 spiro atoms. The third-order valence-electron chi connectivity index (χ3n) is 6.81. The summed E-state index contributed by atoms with van der Waals surface area (Å²) in [5, 5.41) is 10.6. The molecule has 5 rings (SSSR count). The summed E-state index contributed by atoms with van der Waals surface area (Å²) in [4.78, 5) is 12.9. The van der Waals surface area contributed by atoms with Crippen molar-refractivity contribution in [3.05, 3.63) is 89.0 Å². The van der Waals surface area contributed by atoms with Gasteiger partial charge in [-0.3, -0.25) is 4.79 Å². The average Bonchev–Trinajstić information content (AvgIpc) is 3.39. The molecule has 1 aliphatic heterocycles. The second-order valence-corrected chi connectivity index (χ2v) is 8.02. The summed E-state index contributed by atoms with van der Waals surface area (Å²) >= 11 is 0. The maximum Gasteiger partial charge on any atom is 0.308 e. The second kappa shape index (κ2) is 7.34. The first-order valence-electron chi connectivity index (χ1n) is 10.5. The number of carbonyl (C=O) groups is 1. The van der Waals surface area contributed by atoms with Gasteiger partial charge < -0.3 is 19.3 Å². The quantitative estimate of drug-likeness (QED) is 0.636. The van der Waals surface area contributed by atoms with Crippen LogP contribution in [0.15, 0.2) is 66.7 Å². The van der Waals surface area contributed by atoms with Gasteiger partial charge in [-0.1, -0.05) is 55.5 Å². The summed E-state index contributed by atoms with van der Waals surface area (Å²) in [6.45, 7) is 2.24. The number of rotatable bonds is 5. The molecule has 0 radical (unpaired) electrons. The first-order valence-corrected chi connectivity index (χ1v) is 10.5. The van der Waals surface area contributed by atoms with E-state index in [-0.39, 0.29) is 12.7 Å². The predicted molar refractivity (Wildman–Crippen MR) is 116 cm³/mol. The summed E-state index contributed by atoms with van der Waals surface area (Å²) in [5.41, 5.74) is 3.16. The van der Waals surface area contributed by atoms with Crippen LogP contribution in [0.5, 0.6) is 17.2 Å². The Morgan fingerprint density at radius 3 is 2.48 bits per heavy atom. The molecule has 31 heavy (non-hydrogen) atoms. The van der Waals surface area contributed by atoms with Gasteiger partial charge in [-0.25, -0.2) is 0 Å². The molecule has 2 aliphatic rings. The number of methoxy groups -OCH3 is 1. The van der Waals surface area contributed by atoms with Crippen LogP contribution < -0.4 is 14.2 Å². The molecule has 158 valence electrons. The van der Waals surface area contributed by atoms with Crippen LogP contribution in [0.25, 0.3) is 0 Å². The Labute approximate surface area is 181 Å². The maximum absolute atomic E-state index is 12.9.